The Balaban J connectivity index is 2.88. The summed E-state index contributed by atoms with van der Waals surface area (Å²) < 4.78 is 0. The van der Waals surface area contributed by atoms with Gasteiger partial charge in [-0.15, -0.1) is 0 Å². The largest absolute Gasteiger partial charge is 0.480 e. The highest BCUT2D eigenvalue weighted by Gasteiger charge is 2.31. The van der Waals surface area contributed by atoms with E-state index in [1.807, 2.05) is 0 Å². The van der Waals surface area contributed by atoms with E-state index in [9.17, 15) is 29.1 Å². The molecular formula is C16H25N7O7S. The van der Waals surface area contributed by atoms with Gasteiger partial charge in [-0.05, 0) is 0 Å². The lowest BCUT2D eigenvalue weighted by atomic mass is 10.1. The van der Waals surface area contributed by atoms with E-state index in [0.29, 0.717) is 5.69 Å². The zero-order chi connectivity index (χ0) is 23.6. The number of primary amides is 1. The Hall–Kier alpha value is -3.17. The number of carbonyl (C=O) groups excluding carboxylic acids is 4. The number of thiol groups is 1. The van der Waals surface area contributed by atoms with Crippen molar-refractivity contribution in [2.45, 2.75) is 37.0 Å². The number of aliphatic carboxylic acids is 1. The van der Waals surface area contributed by atoms with Crippen LogP contribution in [-0.2, 0) is 30.4 Å². The molecule has 1 rings (SSSR count). The minimum Gasteiger partial charge on any atom is -0.480 e. The molecule has 0 saturated carbocycles. The van der Waals surface area contributed by atoms with Crippen molar-refractivity contribution in [3.05, 3.63) is 18.2 Å². The molecule has 4 amide bonds. The van der Waals surface area contributed by atoms with Crippen LogP contribution < -0.4 is 27.4 Å². The van der Waals surface area contributed by atoms with Crippen LogP contribution in [0.2, 0.25) is 0 Å². The molecule has 172 valence electrons. The first-order valence-corrected chi connectivity index (χ1v) is 9.59. The van der Waals surface area contributed by atoms with Crippen molar-refractivity contribution < 1.29 is 34.2 Å². The van der Waals surface area contributed by atoms with Crippen LogP contribution in [0.5, 0.6) is 0 Å². The molecule has 10 N–H and O–H groups in total. The van der Waals surface area contributed by atoms with Crippen LogP contribution in [0.1, 0.15) is 12.1 Å². The van der Waals surface area contributed by atoms with E-state index in [4.69, 9.17) is 16.6 Å². The lowest BCUT2D eigenvalue weighted by molar-refractivity contribution is -0.142. The summed E-state index contributed by atoms with van der Waals surface area (Å²) in [4.78, 5) is 66.1. The van der Waals surface area contributed by atoms with Crippen molar-refractivity contribution in [1.82, 2.24) is 25.9 Å². The van der Waals surface area contributed by atoms with Gasteiger partial charge in [-0.3, -0.25) is 19.2 Å². The number of carboxylic acids is 1. The standard InChI is InChI=1S/C16H25N7O7S/c17-8(4-24)13(26)23-11(5-31)15(28)21-9(2-12(18)25)14(27)22-10(16(29)30)1-7-3-19-6-20-7/h3,6,8-11,24,31H,1-2,4-5,17H2,(H2,18,25)(H,19,20)(H,21,28)(H,22,27)(H,23,26)(H,29,30). The molecule has 4 atom stereocenters. The first-order valence-electron chi connectivity index (χ1n) is 8.95. The number of aliphatic hydroxyl groups excluding tert-OH is 1. The Morgan fingerprint density at radius 2 is 1.65 bits per heavy atom. The van der Waals surface area contributed by atoms with Crippen molar-refractivity contribution >= 4 is 42.2 Å². The van der Waals surface area contributed by atoms with Gasteiger partial charge in [0, 0.05) is 24.1 Å². The topological polar surface area (TPSA) is 243 Å². The second-order valence-electron chi connectivity index (χ2n) is 6.44. The summed E-state index contributed by atoms with van der Waals surface area (Å²) in [6, 6.07) is -5.43. The molecule has 0 aromatic carbocycles. The van der Waals surface area contributed by atoms with Crippen LogP contribution in [0.25, 0.3) is 0 Å². The van der Waals surface area contributed by atoms with Crippen LogP contribution >= 0.6 is 12.6 Å². The highest BCUT2D eigenvalue weighted by molar-refractivity contribution is 7.80. The molecule has 0 fully saturated rings. The molecule has 0 bridgehead atoms. The molecule has 4 unspecified atom stereocenters. The lowest BCUT2D eigenvalue weighted by Gasteiger charge is -2.23. The smallest absolute Gasteiger partial charge is 0.326 e. The molecule has 0 spiro atoms. The average Bonchev–Trinajstić information content (AvgIpc) is 3.22. The molecule has 14 nitrogen and oxygen atoms in total. The number of carbonyl (C=O) groups is 5. The first kappa shape index (κ1) is 25.9. The number of aromatic nitrogens is 2. The number of nitrogens with zero attached hydrogens (tertiary/aromatic N) is 1. The highest BCUT2D eigenvalue weighted by atomic mass is 32.1. The molecule has 0 saturated heterocycles. The molecule has 0 aliphatic rings. The van der Waals surface area contributed by atoms with Gasteiger partial charge in [-0.1, -0.05) is 0 Å². The number of carboxylic acid groups (broad SMARTS) is 1. The van der Waals surface area contributed by atoms with Crippen LogP contribution in [0.15, 0.2) is 12.5 Å². The van der Waals surface area contributed by atoms with Crippen molar-refractivity contribution in [1.29, 1.82) is 0 Å². The van der Waals surface area contributed by atoms with E-state index in [2.05, 4.69) is 38.5 Å². The number of aromatic amines is 1. The van der Waals surface area contributed by atoms with Crippen LogP contribution in [0.4, 0.5) is 0 Å². The predicted molar refractivity (Wildman–Crippen MR) is 108 cm³/mol. The van der Waals surface area contributed by atoms with Gasteiger partial charge in [0.05, 0.1) is 19.4 Å². The minimum absolute atomic E-state index is 0.132. The summed E-state index contributed by atoms with van der Waals surface area (Å²) in [6.45, 7) is -0.660. The maximum absolute atomic E-state index is 12.6. The van der Waals surface area contributed by atoms with Gasteiger partial charge >= 0.3 is 5.97 Å². The number of rotatable bonds is 13. The van der Waals surface area contributed by atoms with Gasteiger partial charge in [0.1, 0.15) is 24.2 Å². The van der Waals surface area contributed by atoms with Gasteiger partial charge in [-0.25, -0.2) is 9.78 Å². The predicted octanol–water partition coefficient (Wildman–Crippen LogP) is -4.38. The van der Waals surface area contributed by atoms with Crippen LogP contribution in [0, 0.1) is 0 Å². The number of imidazole rings is 1. The second kappa shape index (κ2) is 12.5. The van der Waals surface area contributed by atoms with E-state index in [1.165, 1.54) is 12.5 Å². The summed E-state index contributed by atoms with van der Waals surface area (Å²) in [5, 5.41) is 24.9. The number of nitrogens with two attached hydrogens (primary N) is 2. The molecule has 0 radical (unpaired) electrons. The van der Waals surface area contributed by atoms with E-state index >= 15 is 0 Å². The zero-order valence-corrected chi connectivity index (χ0v) is 17.2. The Morgan fingerprint density at radius 3 is 2.13 bits per heavy atom. The van der Waals surface area contributed by atoms with E-state index in [-0.39, 0.29) is 12.2 Å². The van der Waals surface area contributed by atoms with E-state index in [0.717, 1.165) is 0 Å². The van der Waals surface area contributed by atoms with E-state index in [1.54, 1.807) is 0 Å². The molecule has 0 aliphatic carbocycles. The average molecular weight is 459 g/mol. The fraction of sp³-hybridized carbons (Fsp3) is 0.500. The zero-order valence-electron chi connectivity index (χ0n) is 16.3. The third-order valence-electron chi connectivity index (χ3n) is 3.98. The van der Waals surface area contributed by atoms with Crippen molar-refractivity contribution in [3.63, 3.8) is 0 Å². The van der Waals surface area contributed by atoms with Crippen LogP contribution in [-0.4, -0.2) is 86.3 Å². The van der Waals surface area contributed by atoms with Gasteiger partial charge in [0.2, 0.25) is 23.6 Å². The SMILES string of the molecule is NC(=O)CC(NC(=O)C(CS)NC(=O)C(N)CO)C(=O)NC(Cc1cnc[nH]1)C(=O)O. The number of aliphatic hydroxyl groups is 1. The normalized spacial score (nSPS) is 14.5. The van der Waals surface area contributed by atoms with Crippen molar-refractivity contribution in [2.75, 3.05) is 12.4 Å². The van der Waals surface area contributed by atoms with Crippen molar-refractivity contribution in [3.8, 4) is 0 Å². The van der Waals surface area contributed by atoms with Crippen LogP contribution in [0.3, 0.4) is 0 Å². The second-order valence-corrected chi connectivity index (χ2v) is 6.81. The monoisotopic (exact) mass is 459 g/mol. The molecular weight excluding hydrogens is 434 g/mol. The molecule has 1 heterocycles. The summed E-state index contributed by atoms with van der Waals surface area (Å²) in [6.07, 6.45) is 1.95. The van der Waals surface area contributed by atoms with Gasteiger partial charge < -0.3 is 42.6 Å². The Bertz CT molecular complexity index is 789. The number of amides is 4. The van der Waals surface area contributed by atoms with E-state index < -0.39 is 66.8 Å². The van der Waals surface area contributed by atoms with Crippen molar-refractivity contribution in [2.24, 2.45) is 11.5 Å². The number of nitrogens with one attached hydrogen (secondary N) is 4. The molecule has 1 aromatic heterocycles. The molecule has 15 heteroatoms. The Labute approximate surface area is 181 Å². The summed E-state index contributed by atoms with van der Waals surface area (Å²) in [5.41, 5.74) is 10.9. The lowest BCUT2D eigenvalue weighted by Crippen LogP contribution is -2.58. The number of H-pyrrole nitrogens is 1. The first-order chi connectivity index (χ1) is 14.6. The van der Waals surface area contributed by atoms with Gasteiger partial charge in [0.15, 0.2) is 0 Å². The third-order valence-corrected chi connectivity index (χ3v) is 4.35. The fourth-order valence-electron chi connectivity index (χ4n) is 2.33. The fourth-order valence-corrected chi connectivity index (χ4v) is 2.58. The molecule has 31 heavy (non-hydrogen) atoms. The maximum atomic E-state index is 12.6. The number of hydrogen-bond donors (Lipinski definition) is 9. The summed E-state index contributed by atoms with van der Waals surface area (Å²) >= 11 is 3.94. The quantitative estimate of drug-likeness (QED) is 0.129. The highest BCUT2D eigenvalue weighted by Crippen LogP contribution is 2.02. The third kappa shape index (κ3) is 8.61. The summed E-state index contributed by atoms with van der Waals surface area (Å²) in [7, 11) is 0. The Morgan fingerprint density at radius 1 is 1.06 bits per heavy atom. The van der Waals surface area contributed by atoms with Gasteiger partial charge in [-0.2, -0.15) is 12.6 Å². The Kier molecular flexibility index (Phi) is 10.4. The number of hydrogen-bond acceptors (Lipinski definition) is 9. The molecule has 1 aromatic rings. The van der Waals surface area contributed by atoms with Gasteiger partial charge in [0.25, 0.3) is 0 Å². The minimum atomic E-state index is -1.51. The molecule has 0 aliphatic heterocycles. The maximum Gasteiger partial charge on any atom is 0.326 e. The summed E-state index contributed by atoms with van der Waals surface area (Å²) in [5.74, 6) is -5.19.